The summed E-state index contributed by atoms with van der Waals surface area (Å²) in [7, 11) is 0. The highest BCUT2D eigenvalue weighted by Gasteiger charge is 2.30. The van der Waals surface area contributed by atoms with Crippen molar-refractivity contribution in [2.45, 2.75) is 25.8 Å². The van der Waals surface area contributed by atoms with Gasteiger partial charge in [0.1, 0.15) is 11.5 Å². The zero-order valence-electron chi connectivity index (χ0n) is 15.7. The SMILES string of the molecule is N=Cc1c2c(c(N3CCC(C(N)=O)CC3)n3c1nc1ccccc13)CNCC2. The van der Waals surface area contributed by atoms with Crippen LogP contribution in [-0.2, 0) is 17.8 Å². The summed E-state index contributed by atoms with van der Waals surface area (Å²) in [4.78, 5) is 18.9. The first kappa shape index (κ1) is 17.2. The molecule has 7 nitrogen and oxygen atoms in total. The molecule has 28 heavy (non-hydrogen) atoms. The molecule has 3 aromatic rings. The minimum Gasteiger partial charge on any atom is -0.369 e. The Morgan fingerprint density at radius 2 is 2.04 bits per heavy atom. The van der Waals surface area contributed by atoms with Crippen molar-refractivity contribution in [2.24, 2.45) is 11.7 Å². The van der Waals surface area contributed by atoms with Gasteiger partial charge in [0, 0.05) is 42.9 Å². The summed E-state index contributed by atoms with van der Waals surface area (Å²) < 4.78 is 2.21. The summed E-state index contributed by atoms with van der Waals surface area (Å²) in [6.07, 6.45) is 3.90. The van der Waals surface area contributed by atoms with Crippen molar-refractivity contribution in [2.75, 3.05) is 24.5 Å². The Morgan fingerprint density at radius 1 is 1.25 bits per heavy atom. The van der Waals surface area contributed by atoms with E-state index in [1.54, 1.807) is 0 Å². The molecule has 0 aliphatic carbocycles. The third-order valence-corrected chi connectivity index (χ3v) is 6.17. The lowest BCUT2D eigenvalue weighted by Crippen LogP contribution is -2.40. The van der Waals surface area contributed by atoms with Crippen molar-refractivity contribution in [3.63, 3.8) is 0 Å². The van der Waals surface area contributed by atoms with Crippen molar-refractivity contribution in [3.8, 4) is 0 Å². The zero-order valence-corrected chi connectivity index (χ0v) is 15.7. The number of nitrogens with zero attached hydrogens (tertiary/aromatic N) is 3. The van der Waals surface area contributed by atoms with Crippen molar-refractivity contribution < 1.29 is 4.79 Å². The standard InChI is InChI=1S/C21H24N6O/c22-11-15-14-5-8-24-12-16(14)21(26-9-6-13(7-10-26)19(23)28)27-18-4-2-1-3-17(18)25-20(15)27/h1-4,11,13,22,24H,5-10,12H2,(H2,23,28). The van der Waals surface area contributed by atoms with Crippen LogP contribution in [0.2, 0.25) is 0 Å². The van der Waals surface area contributed by atoms with Crippen LogP contribution in [0, 0.1) is 11.3 Å². The number of nitrogens with two attached hydrogens (primary N) is 1. The molecule has 1 saturated heterocycles. The Labute approximate surface area is 163 Å². The molecule has 0 saturated carbocycles. The molecule has 2 aromatic heterocycles. The highest BCUT2D eigenvalue weighted by Crippen LogP contribution is 2.36. The van der Waals surface area contributed by atoms with E-state index in [9.17, 15) is 4.79 Å². The maximum atomic E-state index is 11.6. The van der Waals surface area contributed by atoms with Gasteiger partial charge in [-0.25, -0.2) is 4.98 Å². The first-order valence-electron chi connectivity index (χ1n) is 9.89. The van der Waals surface area contributed by atoms with Gasteiger partial charge >= 0.3 is 0 Å². The van der Waals surface area contributed by atoms with Crippen LogP contribution in [0.15, 0.2) is 24.3 Å². The molecule has 4 N–H and O–H groups in total. The number of amides is 1. The zero-order chi connectivity index (χ0) is 19.3. The second-order valence-corrected chi connectivity index (χ2v) is 7.69. The largest absolute Gasteiger partial charge is 0.369 e. The van der Waals surface area contributed by atoms with E-state index < -0.39 is 0 Å². The number of hydrogen-bond acceptors (Lipinski definition) is 5. The average molecular weight is 376 g/mol. The summed E-state index contributed by atoms with van der Waals surface area (Å²) in [6.45, 7) is 3.29. The van der Waals surface area contributed by atoms with E-state index in [-0.39, 0.29) is 11.8 Å². The lowest BCUT2D eigenvalue weighted by atomic mass is 9.93. The van der Waals surface area contributed by atoms with Gasteiger partial charge in [0.25, 0.3) is 0 Å². The molecule has 5 rings (SSSR count). The van der Waals surface area contributed by atoms with Crippen LogP contribution in [-0.4, -0.2) is 41.1 Å². The monoisotopic (exact) mass is 376 g/mol. The van der Waals surface area contributed by atoms with E-state index in [2.05, 4.69) is 20.7 Å². The van der Waals surface area contributed by atoms with Gasteiger partial charge in [0.2, 0.25) is 5.91 Å². The van der Waals surface area contributed by atoms with Gasteiger partial charge in [-0.2, -0.15) is 0 Å². The molecular formula is C21H24N6O. The average Bonchev–Trinajstić information content (AvgIpc) is 3.11. The number of para-hydroxylation sites is 2. The number of carbonyl (C=O) groups is 1. The molecule has 1 fully saturated rings. The van der Waals surface area contributed by atoms with Gasteiger partial charge in [0.15, 0.2) is 0 Å². The van der Waals surface area contributed by atoms with Crippen molar-refractivity contribution in [1.82, 2.24) is 14.7 Å². The number of anilines is 1. The molecule has 1 aromatic carbocycles. The molecule has 7 heteroatoms. The lowest BCUT2D eigenvalue weighted by Gasteiger charge is -2.36. The molecule has 0 atom stereocenters. The molecule has 2 aliphatic heterocycles. The van der Waals surface area contributed by atoms with Gasteiger partial charge in [0.05, 0.1) is 11.0 Å². The smallest absolute Gasteiger partial charge is 0.220 e. The van der Waals surface area contributed by atoms with Gasteiger partial charge in [-0.1, -0.05) is 12.1 Å². The number of aromatic nitrogens is 2. The topological polar surface area (TPSA) is 99.5 Å². The lowest BCUT2D eigenvalue weighted by molar-refractivity contribution is -0.122. The number of primary amides is 1. The first-order valence-corrected chi connectivity index (χ1v) is 9.89. The van der Waals surface area contributed by atoms with E-state index in [4.69, 9.17) is 16.1 Å². The van der Waals surface area contributed by atoms with E-state index in [0.29, 0.717) is 0 Å². The van der Waals surface area contributed by atoms with Crippen LogP contribution < -0.4 is 16.0 Å². The normalized spacial score (nSPS) is 17.8. The van der Waals surface area contributed by atoms with Crippen molar-refractivity contribution >= 4 is 34.6 Å². The van der Waals surface area contributed by atoms with Crippen molar-refractivity contribution in [1.29, 1.82) is 5.41 Å². The third-order valence-electron chi connectivity index (χ3n) is 6.17. The van der Waals surface area contributed by atoms with Crippen LogP contribution in [0.4, 0.5) is 5.82 Å². The van der Waals surface area contributed by atoms with E-state index in [0.717, 1.165) is 73.5 Å². The van der Waals surface area contributed by atoms with Crippen LogP contribution in [0.5, 0.6) is 0 Å². The Hall–Kier alpha value is -2.93. The Balaban J connectivity index is 1.77. The Morgan fingerprint density at radius 3 is 2.79 bits per heavy atom. The van der Waals surface area contributed by atoms with Crippen LogP contribution in [0.3, 0.4) is 0 Å². The van der Waals surface area contributed by atoms with Gasteiger partial charge < -0.3 is 21.4 Å². The molecule has 0 spiro atoms. The third kappa shape index (κ3) is 2.50. The number of fused-ring (bicyclic) bond motifs is 4. The number of benzene rings is 1. The van der Waals surface area contributed by atoms with E-state index >= 15 is 0 Å². The maximum Gasteiger partial charge on any atom is 0.220 e. The Kier molecular flexibility index (Phi) is 4.05. The van der Waals surface area contributed by atoms with Crippen LogP contribution in [0.25, 0.3) is 16.7 Å². The summed E-state index contributed by atoms with van der Waals surface area (Å²) in [5, 5.41) is 11.6. The molecular weight excluding hydrogens is 352 g/mol. The molecule has 4 heterocycles. The van der Waals surface area contributed by atoms with E-state index in [1.165, 1.54) is 17.3 Å². The number of pyridine rings is 1. The fourth-order valence-corrected chi connectivity index (χ4v) is 4.75. The van der Waals surface area contributed by atoms with Crippen molar-refractivity contribution in [3.05, 3.63) is 41.0 Å². The molecule has 0 unspecified atom stereocenters. The minimum absolute atomic E-state index is 0.0407. The molecule has 0 bridgehead atoms. The quantitative estimate of drug-likeness (QED) is 0.607. The predicted octanol–water partition coefficient (Wildman–Crippen LogP) is 1.83. The fourth-order valence-electron chi connectivity index (χ4n) is 4.75. The summed E-state index contributed by atoms with van der Waals surface area (Å²) in [5.41, 5.74) is 11.8. The van der Waals surface area contributed by atoms with Gasteiger partial charge in [-0.15, -0.1) is 0 Å². The number of carbonyl (C=O) groups excluding carboxylic acids is 1. The first-order chi connectivity index (χ1) is 13.7. The molecule has 1 amide bonds. The summed E-state index contributed by atoms with van der Waals surface area (Å²) in [5.74, 6) is 0.918. The summed E-state index contributed by atoms with van der Waals surface area (Å²) in [6, 6.07) is 8.14. The molecule has 0 radical (unpaired) electrons. The Bertz CT molecular complexity index is 1090. The second-order valence-electron chi connectivity index (χ2n) is 7.69. The molecule has 144 valence electrons. The number of hydrogen-bond donors (Lipinski definition) is 3. The highest BCUT2D eigenvalue weighted by atomic mass is 16.1. The van der Waals surface area contributed by atoms with Gasteiger partial charge in [-0.3, -0.25) is 9.20 Å². The van der Waals surface area contributed by atoms with Crippen LogP contribution >= 0.6 is 0 Å². The number of imidazole rings is 1. The second kappa shape index (κ2) is 6.60. The summed E-state index contributed by atoms with van der Waals surface area (Å²) >= 11 is 0. The maximum absolute atomic E-state index is 11.6. The number of nitrogens with one attached hydrogen (secondary N) is 2. The number of piperidine rings is 1. The highest BCUT2D eigenvalue weighted by molar-refractivity contribution is 5.95. The van der Waals surface area contributed by atoms with E-state index in [1.807, 2.05) is 18.2 Å². The van der Waals surface area contributed by atoms with Crippen LogP contribution in [0.1, 0.15) is 29.5 Å². The van der Waals surface area contributed by atoms with Gasteiger partial charge in [-0.05, 0) is 43.5 Å². The fraction of sp³-hybridized carbons (Fsp3) is 0.381. The predicted molar refractivity (Wildman–Crippen MR) is 110 cm³/mol. The number of rotatable bonds is 3. The minimum atomic E-state index is -0.194. The molecule has 2 aliphatic rings.